The number of nitrogens with two attached hydrogens (primary N) is 1. The lowest BCUT2D eigenvalue weighted by Gasteiger charge is -2.22. The van der Waals surface area contributed by atoms with Gasteiger partial charge in [-0.3, -0.25) is 4.79 Å². The van der Waals surface area contributed by atoms with Crippen LogP contribution in [0, 0.1) is 5.82 Å². The van der Waals surface area contributed by atoms with E-state index in [0.717, 1.165) is 12.1 Å². The van der Waals surface area contributed by atoms with E-state index in [4.69, 9.17) is 5.73 Å². The predicted octanol–water partition coefficient (Wildman–Crippen LogP) is 4.07. The first-order valence-corrected chi connectivity index (χ1v) is 7.96. The molecule has 144 valence electrons. The average Bonchev–Trinajstić information content (AvgIpc) is 2.60. The number of primary amides is 1. The van der Waals surface area contributed by atoms with Crippen molar-refractivity contribution in [3.05, 3.63) is 65.0 Å². The monoisotopic (exact) mass is 401 g/mol. The minimum Gasteiger partial charge on any atom is -0.366 e. The molecule has 0 aliphatic carbocycles. The SMILES string of the molecule is CC(NC(=O)N(S)c1ccc(C(N)=O)c(C(F)(F)F)c1)c1ccc(F)cc1. The van der Waals surface area contributed by atoms with Gasteiger partial charge in [-0.1, -0.05) is 24.9 Å². The summed E-state index contributed by atoms with van der Waals surface area (Å²) in [6, 6.07) is 6.59. The Bertz CT molecular complexity index is 856. The highest BCUT2D eigenvalue weighted by Crippen LogP contribution is 2.35. The van der Waals surface area contributed by atoms with Crippen LogP contribution in [0.4, 0.5) is 28.0 Å². The van der Waals surface area contributed by atoms with Gasteiger partial charge in [-0.05, 0) is 42.8 Å². The smallest absolute Gasteiger partial charge is 0.366 e. The van der Waals surface area contributed by atoms with Crippen molar-refractivity contribution in [1.82, 2.24) is 5.32 Å². The summed E-state index contributed by atoms with van der Waals surface area (Å²) in [5.74, 6) is -1.68. The number of benzene rings is 2. The van der Waals surface area contributed by atoms with Crippen LogP contribution >= 0.6 is 12.8 Å². The molecule has 10 heteroatoms. The minimum absolute atomic E-state index is 0.209. The van der Waals surface area contributed by atoms with Gasteiger partial charge in [0.1, 0.15) is 5.82 Å². The number of carbonyl (C=O) groups is 2. The summed E-state index contributed by atoms with van der Waals surface area (Å²) in [7, 11) is 0. The Morgan fingerprint density at radius 3 is 2.26 bits per heavy atom. The van der Waals surface area contributed by atoms with E-state index in [1.807, 2.05) is 0 Å². The molecule has 0 spiro atoms. The number of halogens is 4. The average molecular weight is 401 g/mol. The fraction of sp³-hybridized carbons (Fsp3) is 0.176. The second kappa shape index (κ2) is 7.87. The first kappa shape index (κ1) is 20.6. The molecule has 0 saturated carbocycles. The van der Waals surface area contributed by atoms with Crippen molar-refractivity contribution in [1.29, 1.82) is 0 Å². The van der Waals surface area contributed by atoms with Crippen molar-refractivity contribution in [2.75, 3.05) is 4.31 Å². The lowest BCUT2D eigenvalue weighted by molar-refractivity contribution is -0.137. The van der Waals surface area contributed by atoms with Crippen LogP contribution in [0.25, 0.3) is 0 Å². The Morgan fingerprint density at radius 2 is 1.74 bits per heavy atom. The second-order valence-corrected chi connectivity index (χ2v) is 6.03. The van der Waals surface area contributed by atoms with Gasteiger partial charge >= 0.3 is 12.2 Å². The molecule has 0 fully saturated rings. The van der Waals surface area contributed by atoms with Crippen molar-refractivity contribution in [3.63, 3.8) is 0 Å². The molecular weight excluding hydrogens is 386 g/mol. The molecule has 27 heavy (non-hydrogen) atoms. The summed E-state index contributed by atoms with van der Waals surface area (Å²) < 4.78 is 53.0. The highest BCUT2D eigenvalue weighted by molar-refractivity contribution is 7.82. The van der Waals surface area contributed by atoms with Gasteiger partial charge in [0.15, 0.2) is 0 Å². The normalized spacial score (nSPS) is 12.4. The third-order valence-electron chi connectivity index (χ3n) is 3.72. The molecule has 0 saturated heterocycles. The maximum Gasteiger partial charge on any atom is 0.417 e. The highest BCUT2D eigenvalue weighted by Gasteiger charge is 2.35. The Labute approximate surface area is 157 Å². The van der Waals surface area contributed by atoms with Crippen molar-refractivity contribution in [3.8, 4) is 0 Å². The van der Waals surface area contributed by atoms with Crippen LogP contribution in [0.5, 0.6) is 0 Å². The van der Waals surface area contributed by atoms with Gasteiger partial charge < -0.3 is 11.1 Å². The standard InChI is InChI=1S/C17H15F4N3O2S/c1-9(10-2-4-11(18)5-3-10)23-16(26)24(27)12-6-7-13(15(22)25)14(8-12)17(19,20)21/h2-9,27H,1H3,(H2,22,25)(H,23,26). The lowest BCUT2D eigenvalue weighted by Crippen LogP contribution is -2.36. The van der Waals surface area contributed by atoms with E-state index in [1.54, 1.807) is 6.92 Å². The number of hydrogen-bond acceptors (Lipinski definition) is 3. The van der Waals surface area contributed by atoms with Gasteiger partial charge in [-0.15, -0.1) is 0 Å². The van der Waals surface area contributed by atoms with Gasteiger partial charge in [-0.2, -0.15) is 13.2 Å². The molecule has 2 aromatic carbocycles. The number of alkyl halides is 3. The van der Waals surface area contributed by atoms with E-state index in [0.29, 0.717) is 15.9 Å². The molecule has 3 N–H and O–H groups in total. The van der Waals surface area contributed by atoms with E-state index < -0.39 is 41.1 Å². The molecule has 2 rings (SSSR count). The molecule has 0 bridgehead atoms. The maximum absolute atomic E-state index is 13.1. The molecule has 1 atom stereocenters. The molecule has 0 radical (unpaired) electrons. The first-order valence-electron chi connectivity index (χ1n) is 7.56. The topological polar surface area (TPSA) is 75.4 Å². The summed E-state index contributed by atoms with van der Waals surface area (Å²) in [4.78, 5) is 23.5. The molecule has 3 amide bonds. The molecule has 0 aliphatic rings. The van der Waals surface area contributed by atoms with Crippen LogP contribution < -0.4 is 15.4 Å². The number of rotatable bonds is 4. The molecule has 0 aromatic heterocycles. The summed E-state index contributed by atoms with van der Waals surface area (Å²) in [5, 5.41) is 2.52. The largest absolute Gasteiger partial charge is 0.417 e. The van der Waals surface area contributed by atoms with Crippen LogP contribution in [0.3, 0.4) is 0 Å². The molecule has 0 heterocycles. The number of hydrogen-bond donors (Lipinski definition) is 3. The molecule has 0 aliphatic heterocycles. The van der Waals surface area contributed by atoms with Crippen molar-refractivity contribution in [2.45, 2.75) is 19.1 Å². The van der Waals surface area contributed by atoms with Gasteiger partial charge in [0.25, 0.3) is 0 Å². The van der Waals surface area contributed by atoms with Gasteiger partial charge in [-0.25, -0.2) is 13.5 Å². The number of nitrogens with zero attached hydrogens (tertiary/aromatic N) is 1. The summed E-state index contributed by atoms with van der Waals surface area (Å²) in [5.41, 5.74) is 3.35. The number of urea groups is 1. The minimum atomic E-state index is -4.84. The Hall–Kier alpha value is -2.75. The van der Waals surface area contributed by atoms with Crippen molar-refractivity contribution >= 4 is 30.4 Å². The van der Waals surface area contributed by atoms with E-state index >= 15 is 0 Å². The van der Waals surface area contributed by atoms with E-state index in [1.165, 1.54) is 24.3 Å². The van der Waals surface area contributed by atoms with Crippen LogP contribution in [0.1, 0.15) is 34.5 Å². The zero-order valence-corrected chi connectivity index (χ0v) is 14.8. The summed E-state index contributed by atoms with van der Waals surface area (Å²) in [6.45, 7) is 1.62. The third-order valence-corrected chi connectivity index (χ3v) is 4.13. The summed E-state index contributed by atoms with van der Waals surface area (Å²) in [6.07, 6.45) is -4.84. The molecule has 1 unspecified atom stereocenters. The number of amides is 3. The maximum atomic E-state index is 13.1. The fourth-order valence-electron chi connectivity index (χ4n) is 2.31. The lowest BCUT2D eigenvalue weighted by atomic mass is 10.1. The zero-order valence-electron chi connectivity index (χ0n) is 13.9. The number of thiol groups is 1. The zero-order chi connectivity index (χ0) is 20.4. The number of carbonyl (C=O) groups excluding carboxylic acids is 2. The number of nitrogens with one attached hydrogen (secondary N) is 1. The van der Waals surface area contributed by atoms with Crippen LogP contribution in [-0.2, 0) is 6.18 Å². The number of anilines is 1. The summed E-state index contributed by atoms with van der Waals surface area (Å²) >= 11 is 3.92. The Balaban J connectivity index is 2.23. The Kier molecular flexibility index (Phi) is 5.99. The van der Waals surface area contributed by atoms with Gasteiger partial charge in [0.2, 0.25) is 5.91 Å². The molecule has 5 nitrogen and oxygen atoms in total. The van der Waals surface area contributed by atoms with E-state index in [-0.39, 0.29) is 5.69 Å². The van der Waals surface area contributed by atoms with Crippen LogP contribution in [0.2, 0.25) is 0 Å². The quantitative estimate of drug-likeness (QED) is 0.534. The first-order chi connectivity index (χ1) is 12.5. The second-order valence-electron chi connectivity index (χ2n) is 5.63. The van der Waals surface area contributed by atoms with Crippen molar-refractivity contribution < 1.29 is 27.2 Å². The van der Waals surface area contributed by atoms with Crippen molar-refractivity contribution in [2.24, 2.45) is 5.73 Å². The predicted molar refractivity (Wildman–Crippen MR) is 94.8 cm³/mol. The van der Waals surface area contributed by atoms with E-state index in [9.17, 15) is 27.2 Å². The van der Waals surface area contributed by atoms with Gasteiger partial charge in [0.05, 0.1) is 22.9 Å². The fourth-order valence-corrected chi connectivity index (χ4v) is 2.49. The van der Waals surface area contributed by atoms with Gasteiger partial charge in [0, 0.05) is 0 Å². The molecule has 2 aromatic rings. The van der Waals surface area contributed by atoms with Crippen LogP contribution in [-0.4, -0.2) is 11.9 Å². The Morgan fingerprint density at radius 1 is 1.15 bits per heavy atom. The van der Waals surface area contributed by atoms with E-state index in [2.05, 4.69) is 18.1 Å². The van der Waals surface area contributed by atoms with Crippen LogP contribution in [0.15, 0.2) is 42.5 Å². The third kappa shape index (κ3) is 4.91. The highest BCUT2D eigenvalue weighted by atomic mass is 32.1. The molecular formula is C17H15F4N3O2S.